The number of amides is 3. The van der Waals surface area contributed by atoms with Crippen molar-refractivity contribution < 1.29 is 24.2 Å². The Balaban J connectivity index is 1.41. The number of aliphatic hydroxyl groups excluding tert-OH is 1. The van der Waals surface area contributed by atoms with Gasteiger partial charge in [-0.2, -0.15) is 0 Å². The maximum Gasteiger partial charge on any atom is 0.253 e. The number of fused-ring (bicyclic) bond motifs is 2. The molecule has 2 aromatic carbocycles. The van der Waals surface area contributed by atoms with Crippen molar-refractivity contribution in [2.24, 2.45) is 11.8 Å². The van der Waals surface area contributed by atoms with Gasteiger partial charge in [0.05, 0.1) is 28.1 Å². The zero-order valence-electron chi connectivity index (χ0n) is 23.7. The Bertz CT molecular complexity index is 1430. The predicted octanol–water partition coefficient (Wildman–Crippen LogP) is 3.97. The Kier molecular flexibility index (Phi) is 7.72. The number of carbonyl (C=O) groups is 3. The van der Waals surface area contributed by atoms with Gasteiger partial charge >= 0.3 is 0 Å². The average Bonchev–Trinajstić information content (AvgIpc) is 3.25. The summed E-state index contributed by atoms with van der Waals surface area (Å²) in [6.07, 6.45) is 9.48. The van der Waals surface area contributed by atoms with Crippen LogP contribution in [0, 0.1) is 11.8 Å². The molecule has 9 heteroatoms. The number of carbonyl (C=O) groups excluding carboxylic acids is 3. The van der Waals surface area contributed by atoms with Gasteiger partial charge in [-0.05, 0) is 43.9 Å². The molecule has 2 saturated heterocycles. The van der Waals surface area contributed by atoms with Gasteiger partial charge in [-0.15, -0.1) is 0 Å². The van der Waals surface area contributed by atoms with Crippen LogP contribution in [0.1, 0.15) is 31.7 Å². The van der Waals surface area contributed by atoms with E-state index in [0.717, 1.165) is 5.56 Å². The highest BCUT2D eigenvalue weighted by molar-refractivity contribution is 6.34. The topological polar surface area (TPSA) is 90.4 Å². The number of unbranched alkanes of at least 4 members (excludes halogenated alkanes) is 2. The molecular weight excluding hydrogens is 554 g/mol. The molecule has 1 spiro atoms. The number of rotatable bonds is 8. The maximum absolute atomic E-state index is 14.5. The lowest BCUT2D eigenvalue weighted by Crippen LogP contribution is -2.56. The first-order valence-corrected chi connectivity index (χ1v) is 15.0. The monoisotopic (exact) mass is 589 g/mol. The second-order valence-electron chi connectivity index (χ2n) is 11.7. The van der Waals surface area contributed by atoms with Gasteiger partial charge in [0.2, 0.25) is 11.8 Å². The van der Waals surface area contributed by atoms with E-state index >= 15 is 0 Å². The molecule has 1 unspecified atom stereocenters. The van der Waals surface area contributed by atoms with Crippen molar-refractivity contribution in [3.8, 4) is 0 Å². The summed E-state index contributed by atoms with van der Waals surface area (Å²) in [5.41, 5.74) is -0.840. The Morgan fingerprint density at radius 3 is 2.38 bits per heavy atom. The first-order chi connectivity index (χ1) is 20.3. The molecule has 1 N–H and O–H groups in total. The first kappa shape index (κ1) is 28.6. The fraction of sp³-hybridized carbons (Fsp3) is 0.424. The van der Waals surface area contributed by atoms with E-state index in [1.54, 1.807) is 26.8 Å². The summed E-state index contributed by atoms with van der Waals surface area (Å²) in [7, 11) is 0. The van der Waals surface area contributed by atoms with Crippen LogP contribution in [0.15, 0.2) is 78.9 Å². The molecule has 8 nitrogen and oxygen atoms in total. The van der Waals surface area contributed by atoms with Crippen LogP contribution in [0.5, 0.6) is 0 Å². The van der Waals surface area contributed by atoms with E-state index in [2.05, 4.69) is 0 Å². The lowest BCUT2D eigenvalue weighted by molar-refractivity contribution is -0.148. The van der Waals surface area contributed by atoms with Crippen molar-refractivity contribution in [1.29, 1.82) is 0 Å². The molecule has 5 atom stereocenters. The summed E-state index contributed by atoms with van der Waals surface area (Å²) < 4.78 is 6.91. The molecule has 4 aliphatic heterocycles. The van der Waals surface area contributed by atoms with Gasteiger partial charge in [-0.3, -0.25) is 14.4 Å². The van der Waals surface area contributed by atoms with Crippen LogP contribution < -0.4 is 4.90 Å². The molecule has 0 bridgehead atoms. The highest BCUT2D eigenvalue weighted by Crippen LogP contribution is 2.57. The van der Waals surface area contributed by atoms with Gasteiger partial charge in [-0.25, -0.2) is 0 Å². The minimum atomic E-state index is -1.32. The smallest absolute Gasteiger partial charge is 0.253 e. The van der Waals surface area contributed by atoms with Gasteiger partial charge < -0.3 is 24.5 Å². The van der Waals surface area contributed by atoms with Crippen molar-refractivity contribution in [2.45, 2.75) is 50.0 Å². The summed E-state index contributed by atoms with van der Waals surface area (Å²) >= 11 is 6.54. The Morgan fingerprint density at radius 1 is 0.881 bits per heavy atom. The van der Waals surface area contributed by atoms with E-state index < -0.39 is 29.1 Å². The second-order valence-corrected chi connectivity index (χ2v) is 12.1. The van der Waals surface area contributed by atoms with Gasteiger partial charge in [0.25, 0.3) is 5.91 Å². The third kappa shape index (κ3) is 4.66. The number of hydrogen-bond donors (Lipinski definition) is 1. The number of nitrogens with zero attached hydrogens (tertiary/aromatic N) is 3. The summed E-state index contributed by atoms with van der Waals surface area (Å²) in [6, 6.07) is 16.0. The fourth-order valence-electron chi connectivity index (χ4n) is 7.22. The summed E-state index contributed by atoms with van der Waals surface area (Å²) in [5.74, 6) is -2.37. The quantitative estimate of drug-likeness (QED) is 0.372. The van der Waals surface area contributed by atoms with E-state index in [9.17, 15) is 19.5 Å². The molecule has 4 aliphatic rings. The molecule has 220 valence electrons. The van der Waals surface area contributed by atoms with Crippen LogP contribution in [0.25, 0.3) is 0 Å². The Labute approximate surface area is 251 Å². The largest absolute Gasteiger partial charge is 0.396 e. The Hall–Kier alpha value is -3.46. The molecular formula is C33H36ClN3O5. The van der Waals surface area contributed by atoms with Crippen molar-refractivity contribution in [1.82, 2.24) is 9.80 Å². The summed E-state index contributed by atoms with van der Waals surface area (Å²) in [6.45, 7) is 3.31. The summed E-state index contributed by atoms with van der Waals surface area (Å²) in [4.78, 5) is 48.4. The average molecular weight is 590 g/mol. The van der Waals surface area contributed by atoms with Crippen molar-refractivity contribution in [3.63, 3.8) is 0 Å². The van der Waals surface area contributed by atoms with Crippen LogP contribution in [0.3, 0.4) is 0 Å². The minimum absolute atomic E-state index is 0.0630. The molecule has 0 aromatic heterocycles. The third-order valence-corrected chi connectivity index (χ3v) is 9.38. The number of para-hydroxylation sites is 1. The molecule has 3 amide bonds. The highest BCUT2D eigenvalue weighted by atomic mass is 35.5. The number of likely N-dealkylation sites (tertiary alicyclic amines) is 1. The number of halogens is 1. The number of anilines is 1. The summed E-state index contributed by atoms with van der Waals surface area (Å²) in [5, 5.41) is 9.74. The first-order valence-electron chi connectivity index (χ1n) is 14.7. The highest BCUT2D eigenvalue weighted by Gasteiger charge is 2.74. The van der Waals surface area contributed by atoms with E-state index in [1.165, 1.54) is 0 Å². The molecule has 4 heterocycles. The zero-order valence-corrected chi connectivity index (χ0v) is 24.5. The van der Waals surface area contributed by atoms with Crippen LogP contribution in [-0.2, 0) is 25.7 Å². The molecule has 0 radical (unpaired) electrons. The van der Waals surface area contributed by atoms with Crippen molar-refractivity contribution in [2.75, 3.05) is 31.1 Å². The Morgan fingerprint density at radius 2 is 1.62 bits per heavy atom. The van der Waals surface area contributed by atoms with E-state index in [4.69, 9.17) is 16.3 Å². The van der Waals surface area contributed by atoms with E-state index in [0.29, 0.717) is 49.6 Å². The van der Waals surface area contributed by atoms with Crippen molar-refractivity contribution in [3.05, 3.63) is 89.5 Å². The fourth-order valence-corrected chi connectivity index (χ4v) is 7.45. The second kappa shape index (κ2) is 11.3. The van der Waals surface area contributed by atoms with E-state index in [-0.39, 0.29) is 30.9 Å². The molecule has 2 aromatic rings. The van der Waals surface area contributed by atoms with Gasteiger partial charge in [-0.1, -0.05) is 78.4 Å². The number of ether oxygens (including phenoxy) is 1. The normalized spacial score (nSPS) is 30.3. The van der Waals surface area contributed by atoms with Gasteiger partial charge in [0.1, 0.15) is 11.6 Å². The van der Waals surface area contributed by atoms with Gasteiger partial charge in [0, 0.05) is 32.8 Å². The van der Waals surface area contributed by atoms with Crippen LogP contribution in [0.4, 0.5) is 5.69 Å². The lowest BCUT2D eigenvalue weighted by atomic mass is 9.74. The van der Waals surface area contributed by atoms with Crippen molar-refractivity contribution >= 4 is 35.0 Å². The number of aliphatic hydroxyl groups is 1. The number of benzene rings is 2. The van der Waals surface area contributed by atoms with E-state index in [1.807, 2.05) is 73.7 Å². The maximum atomic E-state index is 14.5. The standard InChI is InChI=1S/C33H36ClN3O5/c1-32-16-10-18-35(22-23-12-4-2-5-13-23)29(39)26(32)27-30(40)37(19-8-3-9-21-38)28-31(41)36(20-11-17-33(27,28)42-32)25-15-7-6-14-24(25)34/h2,4-7,10-17,26-28,38H,3,8-9,18-22H2,1H3/t26-,27+,28?,32+,33+/m1/s1. The predicted molar refractivity (Wildman–Crippen MR) is 160 cm³/mol. The molecule has 2 fully saturated rings. The molecule has 42 heavy (non-hydrogen) atoms. The lowest BCUT2D eigenvalue weighted by Gasteiger charge is -2.37. The van der Waals surface area contributed by atoms with Gasteiger partial charge in [0.15, 0.2) is 0 Å². The molecule has 0 aliphatic carbocycles. The van der Waals surface area contributed by atoms with Crippen LogP contribution >= 0.6 is 11.6 Å². The zero-order chi connectivity index (χ0) is 29.5. The third-order valence-electron chi connectivity index (χ3n) is 9.06. The van der Waals surface area contributed by atoms with Crippen LogP contribution in [0.2, 0.25) is 5.02 Å². The number of hydrogen-bond acceptors (Lipinski definition) is 5. The minimum Gasteiger partial charge on any atom is -0.396 e. The molecule has 6 rings (SSSR count). The van der Waals surface area contributed by atoms with Crippen LogP contribution in [-0.4, -0.2) is 76.1 Å². The molecule has 0 saturated carbocycles. The SMILES string of the molecule is C[C@]12C=CCN(Cc3ccccc3)C(=O)[C@H]1[C@H]1C(=O)N(CCCCCO)C3C(=O)N(c4ccccc4Cl)CC=C[C@@]31O2.